The minimum absolute atomic E-state index is 0.108. The summed E-state index contributed by atoms with van der Waals surface area (Å²) in [6.07, 6.45) is 7.98. The van der Waals surface area contributed by atoms with Crippen LogP contribution in [-0.2, 0) is 13.8 Å². The number of aromatic nitrogens is 4. The predicted molar refractivity (Wildman–Crippen MR) is 74.1 cm³/mol. The molecule has 0 aromatic carbocycles. The van der Waals surface area contributed by atoms with Gasteiger partial charge in [0.25, 0.3) is 0 Å². The highest BCUT2D eigenvalue weighted by Gasteiger charge is 2.37. The summed E-state index contributed by atoms with van der Waals surface area (Å²) in [5.74, 6) is 2.22. The molecule has 0 bridgehead atoms. The summed E-state index contributed by atoms with van der Waals surface area (Å²) < 4.78 is 35.4. The van der Waals surface area contributed by atoms with Crippen LogP contribution in [-0.4, -0.2) is 31.7 Å². The fourth-order valence-electron chi connectivity index (χ4n) is 2.13. The lowest BCUT2D eigenvalue weighted by Crippen LogP contribution is -2.32. The molecule has 0 radical (unpaired) electrons. The molecule has 2 N–H and O–H groups in total. The largest absolute Gasteiger partial charge is 0.566 e. The maximum Gasteiger partial charge on any atom is 0.488 e. The molecule has 2 aromatic heterocycles. The van der Waals surface area contributed by atoms with E-state index in [1.807, 2.05) is 0 Å². The number of rotatable bonds is 4. The van der Waals surface area contributed by atoms with Crippen molar-refractivity contribution < 1.29 is 23.1 Å². The van der Waals surface area contributed by atoms with Gasteiger partial charge in [0.1, 0.15) is 6.61 Å². The van der Waals surface area contributed by atoms with E-state index in [0.29, 0.717) is 0 Å². The molecular weight excluding hydrogens is 328 g/mol. The van der Waals surface area contributed by atoms with Gasteiger partial charge in [-0.3, -0.25) is 4.57 Å². The van der Waals surface area contributed by atoms with Gasteiger partial charge in [-0.05, 0) is 16.7 Å². The summed E-state index contributed by atoms with van der Waals surface area (Å²) in [5.41, 5.74) is 4.54. The maximum atomic E-state index is 13.3. The molecule has 3 heterocycles. The highest BCUT2D eigenvalue weighted by atomic mass is 31.1. The molecule has 2 aromatic rings. The van der Waals surface area contributed by atoms with Gasteiger partial charge in [0.05, 0.1) is 6.33 Å². The Labute approximate surface area is 129 Å². The van der Waals surface area contributed by atoms with Crippen LogP contribution >= 0.6 is 8.25 Å². The van der Waals surface area contributed by atoms with Crippen molar-refractivity contribution >= 4 is 25.2 Å². The molecule has 0 saturated heterocycles. The van der Waals surface area contributed by atoms with E-state index in [1.54, 1.807) is 6.08 Å². The van der Waals surface area contributed by atoms with Gasteiger partial charge in [-0.15, -0.1) is 10.9 Å². The van der Waals surface area contributed by atoms with Crippen LogP contribution in [0.25, 0.3) is 11.2 Å². The van der Waals surface area contributed by atoms with Crippen LogP contribution in [0, 0.1) is 18.4 Å². The summed E-state index contributed by atoms with van der Waals surface area (Å²) in [4.78, 5) is 21.6. The Hall–Kier alpha value is -2.44. The van der Waals surface area contributed by atoms with Crippen LogP contribution in [0.4, 0.5) is 10.2 Å². The first kappa shape index (κ1) is 15.5. The zero-order valence-electron chi connectivity index (χ0n) is 11.4. The molecule has 0 saturated carbocycles. The molecule has 0 aliphatic carbocycles. The lowest BCUT2D eigenvalue weighted by Gasteiger charge is -2.21. The second-order valence-electron chi connectivity index (χ2n) is 4.60. The van der Waals surface area contributed by atoms with E-state index in [9.17, 15) is 13.8 Å². The Morgan fingerprint density at radius 1 is 1.65 bits per heavy atom. The van der Waals surface area contributed by atoms with Crippen molar-refractivity contribution in [2.24, 2.45) is 0 Å². The van der Waals surface area contributed by atoms with Gasteiger partial charge in [0.15, 0.2) is 28.8 Å². The fraction of sp³-hybridized carbons (Fsp3) is 0.250. The van der Waals surface area contributed by atoms with Crippen molar-refractivity contribution in [3.8, 4) is 12.3 Å². The van der Waals surface area contributed by atoms with Gasteiger partial charge >= 0.3 is 14.3 Å². The first-order chi connectivity index (χ1) is 10.9. The smallest absolute Gasteiger partial charge is 0.488 e. The van der Waals surface area contributed by atoms with E-state index in [1.165, 1.54) is 17.0 Å². The second kappa shape index (κ2) is 5.64. The van der Waals surface area contributed by atoms with E-state index >= 15 is 0 Å². The third kappa shape index (κ3) is 2.78. The number of nitrogen functional groups attached to an aromatic ring is 1. The molecule has 2 unspecified atom stereocenters. The molecule has 11 heteroatoms. The third-order valence-electron chi connectivity index (χ3n) is 3.19. The normalized spacial score (nSPS) is 24.0. The van der Waals surface area contributed by atoms with Gasteiger partial charge < -0.3 is 15.4 Å². The zero-order chi connectivity index (χ0) is 16.6. The Balaban J connectivity index is 1.92. The van der Waals surface area contributed by atoms with Crippen LogP contribution in [0.15, 0.2) is 18.5 Å². The third-order valence-corrected chi connectivity index (χ3v) is 3.53. The number of terminal acetylenes is 1. The minimum Gasteiger partial charge on any atom is -0.566 e. The Bertz CT molecular complexity index is 863. The molecule has 3 atom stereocenters. The van der Waals surface area contributed by atoms with Crippen LogP contribution in [0.1, 0.15) is 6.23 Å². The molecule has 3 rings (SSSR count). The van der Waals surface area contributed by atoms with E-state index in [0.717, 1.165) is 0 Å². The quantitative estimate of drug-likeness (QED) is 0.358. The molecule has 0 amide bonds. The van der Waals surface area contributed by atoms with Crippen LogP contribution in [0.2, 0.25) is 0 Å². The number of hydrogen-bond donors (Lipinski definition) is 1. The highest BCUT2D eigenvalue weighted by Crippen LogP contribution is 2.33. The van der Waals surface area contributed by atoms with Crippen LogP contribution in [0.5, 0.6) is 0 Å². The Morgan fingerprint density at radius 2 is 2.43 bits per heavy atom. The summed E-state index contributed by atoms with van der Waals surface area (Å²) in [6.45, 7) is -0.382. The summed E-state index contributed by atoms with van der Waals surface area (Å²) >= 11 is 0. The van der Waals surface area contributed by atoms with E-state index in [-0.39, 0.29) is 23.6 Å². The zero-order valence-corrected chi connectivity index (χ0v) is 12.3. The average molecular weight is 337 g/mol. The number of anilines is 1. The van der Waals surface area contributed by atoms with Crippen molar-refractivity contribution in [1.29, 1.82) is 0 Å². The Kier molecular flexibility index (Phi) is 3.79. The molecular formula is C12H9FN5O4P. The lowest BCUT2D eigenvalue weighted by atomic mass is 10.1. The van der Waals surface area contributed by atoms with Crippen molar-refractivity contribution in [2.75, 3.05) is 12.3 Å². The van der Waals surface area contributed by atoms with Crippen molar-refractivity contribution in [2.45, 2.75) is 11.8 Å². The number of imidazole rings is 1. The number of ether oxygens (including phenoxy) is 1. The van der Waals surface area contributed by atoms with E-state index in [2.05, 4.69) is 25.4 Å². The predicted octanol–water partition coefficient (Wildman–Crippen LogP) is 0.0389. The van der Waals surface area contributed by atoms with Crippen molar-refractivity contribution in [3.63, 3.8) is 0 Å². The van der Waals surface area contributed by atoms with E-state index < -0.39 is 26.2 Å². The van der Waals surface area contributed by atoms with Gasteiger partial charge in [-0.25, -0.2) is 4.98 Å². The molecule has 1 aliphatic heterocycles. The monoisotopic (exact) mass is 337 g/mol. The topological polar surface area (TPSA) is 128 Å². The van der Waals surface area contributed by atoms with Crippen LogP contribution < -0.4 is 10.6 Å². The maximum absolute atomic E-state index is 13.3. The summed E-state index contributed by atoms with van der Waals surface area (Å²) in [6, 6.07) is 0. The van der Waals surface area contributed by atoms with Gasteiger partial charge in [-0.1, -0.05) is 5.92 Å². The number of halogens is 1. The highest BCUT2D eigenvalue weighted by molar-refractivity contribution is 7.30. The van der Waals surface area contributed by atoms with Crippen molar-refractivity contribution in [3.05, 3.63) is 24.6 Å². The molecule has 0 spiro atoms. The number of nitrogens with two attached hydrogens (primary N) is 1. The molecule has 9 nitrogen and oxygen atoms in total. The van der Waals surface area contributed by atoms with Gasteiger partial charge in [-0.2, -0.15) is 14.4 Å². The molecule has 0 fully saturated rings. The van der Waals surface area contributed by atoms with Crippen LogP contribution in [0.3, 0.4) is 0 Å². The fourth-order valence-corrected chi connectivity index (χ4v) is 2.43. The lowest BCUT2D eigenvalue weighted by molar-refractivity contribution is -0.189. The number of hydrogen-bond acceptors (Lipinski definition) is 8. The first-order valence-electron chi connectivity index (χ1n) is 6.22. The van der Waals surface area contributed by atoms with Gasteiger partial charge in [0, 0.05) is 0 Å². The minimum atomic E-state index is -3.07. The van der Waals surface area contributed by atoms with E-state index in [4.69, 9.17) is 16.9 Å². The van der Waals surface area contributed by atoms with Crippen molar-refractivity contribution in [1.82, 2.24) is 19.5 Å². The summed E-state index contributed by atoms with van der Waals surface area (Å²) in [5, 5.41) is 0. The number of fused-ring (bicyclic) bond motifs is 1. The summed E-state index contributed by atoms with van der Waals surface area (Å²) in [7, 11) is -3.07. The first-order valence-corrected chi connectivity index (χ1v) is 7.31. The average Bonchev–Trinajstić information content (AvgIpc) is 3.09. The second-order valence-corrected chi connectivity index (χ2v) is 5.31. The molecule has 1 aliphatic rings. The standard InChI is InChI=1S/C12H9FN5O4P/c1-2-12(5-21-23(19)20)4-3-7(22-12)18-6-15-8-9(14)16-11(13)17-10(8)18/h1,3-4,6-7H,5H2,(H2,14,16,17)/t7-,12?/m0/s1. The SMILES string of the molecule is C#CC1(CO[P+](=O)[O-])C=C[C@@H](n2cnc3c(N)nc(F)nc32)O1. The van der Waals surface area contributed by atoms with Gasteiger partial charge in [0.2, 0.25) is 0 Å². The molecule has 23 heavy (non-hydrogen) atoms. The molecule has 118 valence electrons. The Morgan fingerprint density at radius 3 is 3.13 bits per heavy atom. The number of nitrogens with zero attached hydrogens (tertiary/aromatic N) is 4.